The molecule has 2 heterocycles. The van der Waals surface area contributed by atoms with E-state index in [0.29, 0.717) is 25.3 Å². The highest BCUT2D eigenvalue weighted by atomic mass is 16.5. The number of carbonyl (C=O) groups is 1. The van der Waals surface area contributed by atoms with E-state index in [2.05, 4.69) is 36.4 Å². The molecule has 4 aromatic rings. The summed E-state index contributed by atoms with van der Waals surface area (Å²) in [7, 11) is 0. The van der Waals surface area contributed by atoms with Crippen molar-refractivity contribution in [1.29, 1.82) is 0 Å². The van der Waals surface area contributed by atoms with Crippen LogP contribution in [0.15, 0.2) is 95.6 Å². The molecule has 0 spiro atoms. The summed E-state index contributed by atoms with van der Waals surface area (Å²) in [5, 5.41) is 0. The van der Waals surface area contributed by atoms with Crippen LogP contribution in [0, 0.1) is 0 Å². The van der Waals surface area contributed by atoms with Crippen molar-refractivity contribution in [1.82, 2.24) is 4.90 Å². The Morgan fingerprint density at radius 1 is 0.839 bits per heavy atom. The zero-order valence-electron chi connectivity index (χ0n) is 17.2. The summed E-state index contributed by atoms with van der Waals surface area (Å²) < 4.78 is 11.1. The monoisotopic (exact) mass is 409 g/mol. The molecule has 0 bridgehead atoms. The number of amides is 1. The van der Waals surface area contributed by atoms with Crippen molar-refractivity contribution in [3.05, 3.63) is 114 Å². The number of hydrogen-bond acceptors (Lipinski definition) is 3. The van der Waals surface area contributed by atoms with Gasteiger partial charge in [-0.25, -0.2) is 0 Å². The van der Waals surface area contributed by atoms with Gasteiger partial charge in [0.1, 0.15) is 11.5 Å². The van der Waals surface area contributed by atoms with Crippen molar-refractivity contribution in [2.75, 3.05) is 6.61 Å². The molecule has 0 unspecified atom stereocenters. The maximum Gasteiger partial charge on any atom is 0.254 e. The van der Waals surface area contributed by atoms with Crippen LogP contribution in [0.5, 0.6) is 5.75 Å². The zero-order valence-corrected chi connectivity index (χ0v) is 17.2. The molecule has 4 heteroatoms. The molecule has 1 amide bonds. The number of hydrogen-bond donors (Lipinski definition) is 0. The maximum absolute atomic E-state index is 13.4. The molecule has 0 atom stereocenters. The highest BCUT2D eigenvalue weighted by Gasteiger charge is 2.21. The van der Waals surface area contributed by atoms with Gasteiger partial charge in [-0.05, 0) is 52.6 Å². The van der Waals surface area contributed by atoms with Crippen LogP contribution in [0.4, 0.5) is 0 Å². The topological polar surface area (TPSA) is 42.7 Å². The van der Waals surface area contributed by atoms with Gasteiger partial charge in [0.2, 0.25) is 0 Å². The summed E-state index contributed by atoms with van der Waals surface area (Å²) in [5.41, 5.74) is 5.18. The molecule has 154 valence electrons. The first-order valence-corrected chi connectivity index (χ1v) is 10.5. The lowest BCUT2D eigenvalue weighted by Gasteiger charge is -2.22. The van der Waals surface area contributed by atoms with E-state index >= 15 is 0 Å². The maximum atomic E-state index is 13.4. The Labute approximate surface area is 181 Å². The van der Waals surface area contributed by atoms with E-state index in [1.165, 1.54) is 5.56 Å². The normalized spacial score (nSPS) is 12.3. The van der Waals surface area contributed by atoms with Crippen molar-refractivity contribution in [3.8, 4) is 16.9 Å². The van der Waals surface area contributed by atoms with Gasteiger partial charge < -0.3 is 14.1 Å². The Morgan fingerprint density at radius 3 is 2.42 bits per heavy atom. The lowest BCUT2D eigenvalue weighted by atomic mass is 10.0. The fraction of sp³-hybridized carbons (Fsp3) is 0.148. The lowest BCUT2D eigenvalue weighted by Crippen LogP contribution is -2.30. The van der Waals surface area contributed by atoms with Crippen molar-refractivity contribution in [3.63, 3.8) is 0 Å². The predicted molar refractivity (Wildman–Crippen MR) is 120 cm³/mol. The van der Waals surface area contributed by atoms with E-state index in [9.17, 15) is 4.79 Å². The number of rotatable bonds is 6. The Hall–Kier alpha value is -3.79. The number of carbonyl (C=O) groups excluding carboxylic acids is 1. The smallest absolute Gasteiger partial charge is 0.254 e. The van der Waals surface area contributed by atoms with Gasteiger partial charge in [0, 0.05) is 18.5 Å². The highest BCUT2D eigenvalue weighted by molar-refractivity contribution is 5.94. The fourth-order valence-electron chi connectivity index (χ4n) is 3.95. The molecule has 0 saturated carbocycles. The second-order valence-corrected chi connectivity index (χ2v) is 7.72. The van der Waals surface area contributed by atoms with E-state index in [4.69, 9.17) is 9.15 Å². The molecule has 1 aliphatic rings. The average molecular weight is 409 g/mol. The first-order valence-electron chi connectivity index (χ1n) is 10.5. The van der Waals surface area contributed by atoms with Crippen molar-refractivity contribution >= 4 is 5.91 Å². The number of ether oxygens (including phenoxy) is 1. The third-order valence-corrected chi connectivity index (χ3v) is 5.58. The number of nitrogens with zero attached hydrogens (tertiary/aromatic N) is 1. The number of benzene rings is 3. The molecule has 31 heavy (non-hydrogen) atoms. The summed E-state index contributed by atoms with van der Waals surface area (Å²) >= 11 is 0. The van der Waals surface area contributed by atoms with Gasteiger partial charge in [-0.1, -0.05) is 54.6 Å². The Balaban J connectivity index is 1.39. The molecule has 4 nitrogen and oxygen atoms in total. The van der Waals surface area contributed by atoms with Gasteiger partial charge in [-0.15, -0.1) is 0 Å². The van der Waals surface area contributed by atoms with Crippen LogP contribution in [0.1, 0.15) is 27.2 Å². The van der Waals surface area contributed by atoms with Crippen LogP contribution in [0.25, 0.3) is 11.1 Å². The van der Waals surface area contributed by atoms with Gasteiger partial charge in [0.25, 0.3) is 5.91 Å². The SMILES string of the molecule is O=C(c1ccc2c(c1)CCO2)N(Cc1ccc(-c2ccccc2)cc1)Cc1ccco1. The van der Waals surface area contributed by atoms with Crippen molar-refractivity contribution < 1.29 is 13.9 Å². The van der Waals surface area contributed by atoms with Gasteiger partial charge in [0.15, 0.2) is 0 Å². The minimum absolute atomic E-state index is 0.0155. The molecule has 3 aromatic carbocycles. The molecular formula is C27H23NO3. The summed E-state index contributed by atoms with van der Waals surface area (Å²) in [4.78, 5) is 15.2. The highest BCUT2D eigenvalue weighted by Crippen LogP contribution is 2.27. The van der Waals surface area contributed by atoms with Gasteiger partial charge in [0.05, 0.1) is 19.4 Å². The van der Waals surface area contributed by atoms with E-state index in [1.54, 1.807) is 6.26 Å². The first kappa shape index (κ1) is 19.2. The van der Waals surface area contributed by atoms with E-state index in [0.717, 1.165) is 34.6 Å². The molecule has 0 fully saturated rings. The van der Waals surface area contributed by atoms with Gasteiger partial charge in [-0.3, -0.25) is 4.79 Å². The molecular weight excluding hydrogens is 386 g/mol. The average Bonchev–Trinajstić information content (AvgIpc) is 3.51. The van der Waals surface area contributed by atoms with Crippen LogP contribution < -0.4 is 4.74 Å². The van der Waals surface area contributed by atoms with Gasteiger partial charge in [-0.2, -0.15) is 0 Å². The largest absolute Gasteiger partial charge is 0.493 e. The molecule has 0 aliphatic carbocycles. The van der Waals surface area contributed by atoms with E-state index < -0.39 is 0 Å². The first-order chi connectivity index (χ1) is 15.3. The lowest BCUT2D eigenvalue weighted by molar-refractivity contribution is 0.0717. The summed E-state index contributed by atoms with van der Waals surface area (Å²) in [6, 6.07) is 28.1. The zero-order chi connectivity index (χ0) is 21.0. The second kappa shape index (κ2) is 8.52. The van der Waals surface area contributed by atoms with E-state index in [1.807, 2.05) is 53.4 Å². The second-order valence-electron chi connectivity index (χ2n) is 7.72. The summed E-state index contributed by atoms with van der Waals surface area (Å²) in [6.07, 6.45) is 2.48. The summed E-state index contributed by atoms with van der Waals surface area (Å²) in [6.45, 7) is 1.60. The number of furan rings is 1. The van der Waals surface area contributed by atoms with Crippen LogP contribution in [0.3, 0.4) is 0 Å². The van der Waals surface area contributed by atoms with Crippen LogP contribution in [-0.4, -0.2) is 17.4 Å². The van der Waals surface area contributed by atoms with Crippen LogP contribution >= 0.6 is 0 Å². The molecule has 0 saturated heterocycles. The summed E-state index contributed by atoms with van der Waals surface area (Å²) in [5.74, 6) is 1.63. The molecule has 1 aliphatic heterocycles. The third kappa shape index (κ3) is 4.24. The van der Waals surface area contributed by atoms with Crippen LogP contribution in [0.2, 0.25) is 0 Å². The fourth-order valence-corrected chi connectivity index (χ4v) is 3.95. The minimum Gasteiger partial charge on any atom is -0.493 e. The Morgan fingerprint density at radius 2 is 1.65 bits per heavy atom. The van der Waals surface area contributed by atoms with Crippen LogP contribution in [-0.2, 0) is 19.5 Å². The van der Waals surface area contributed by atoms with Crippen molar-refractivity contribution in [2.45, 2.75) is 19.5 Å². The van der Waals surface area contributed by atoms with E-state index in [-0.39, 0.29) is 5.91 Å². The minimum atomic E-state index is -0.0155. The third-order valence-electron chi connectivity index (χ3n) is 5.58. The molecule has 0 radical (unpaired) electrons. The Kier molecular flexibility index (Phi) is 5.28. The number of fused-ring (bicyclic) bond motifs is 1. The Bertz CT molecular complexity index is 1170. The molecule has 5 rings (SSSR count). The van der Waals surface area contributed by atoms with Gasteiger partial charge >= 0.3 is 0 Å². The quantitative estimate of drug-likeness (QED) is 0.409. The molecule has 1 aromatic heterocycles. The molecule has 0 N–H and O–H groups in total. The predicted octanol–water partition coefficient (Wildman–Crippen LogP) is 5.72. The van der Waals surface area contributed by atoms with Crippen molar-refractivity contribution in [2.24, 2.45) is 0 Å². The standard InChI is InChI=1S/C27H23NO3/c29-27(24-12-13-26-23(17-24)14-16-31-26)28(19-25-7-4-15-30-25)18-20-8-10-22(11-9-20)21-5-2-1-3-6-21/h1-13,15,17H,14,16,18-19H2.